The largest absolute Gasteiger partial charge is 0.378 e. The highest BCUT2D eigenvalue weighted by Crippen LogP contribution is 2.33. The van der Waals surface area contributed by atoms with Crippen molar-refractivity contribution >= 4 is 33.2 Å². The molecular weight excluding hydrogens is 326 g/mol. The Labute approximate surface area is 127 Å². The van der Waals surface area contributed by atoms with Gasteiger partial charge in [0.05, 0.1) is 9.89 Å². The average Bonchev–Trinajstić information content (AvgIpc) is 2.71. The number of thiophene rings is 1. The Hall–Kier alpha value is -0.390. The van der Waals surface area contributed by atoms with Crippen LogP contribution in [0, 0.1) is 5.92 Å². The van der Waals surface area contributed by atoms with Crippen LogP contribution in [-0.4, -0.2) is 30.6 Å². The number of amides is 1. The molecule has 1 aromatic rings. The minimum atomic E-state index is 0.238. The molecule has 1 aliphatic rings. The minimum absolute atomic E-state index is 0.238. The van der Waals surface area contributed by atoms with Gasteiger partial charge in [-0.3, -0.25) is 4.79 Å². The molecule has 0 saturated heterocycles. The van der Waals surface area contributed by atoms with E-state index in [0.29, 0.717) is 25.0 Å². The summed E-state index contributed by atoms with van der Waals surface area (Å²) >= 11 is 5.10. The molecule has 2 rings (SSSR count). The van der Waals surface area contributed by atoms with Crippen LogP contribution in [0.25, 0.3) is 0 Å². The Morgan fingerprint density at radius 2 is 2.32 bits per heavy atom. The third kappa shape index (κ3) is 4.29. The number of nitrogens with zero attached hydrogens (tertiary/aromatic N) is 1. The second-order valence-corrected chi connectivity index (χ2v) is 7.42. The van der Waals surface area contributed by atoms with E-state index in [-0.39, 0.29) is 5.91 Å². The van der Waals surface area contributed by atoms with E-state index in [4.69, 9.17) is 4.74 Å². The summed E-state index contributed by atoms with van der Waals surface area (Å²) in [4.78, 5) is 13.9. The number of rotatable bonds is 6. The summed E-state index contributed by atoms with van der Waals surface area (Å²) in [6, 6.07) is 2.07. The van der Waals surface area contributed by atoms with E-state index < -0.39 is 0 Å². The lowest BCUT2D eigenvalue weighted by atomic mass is 9.80. The number of halogens is 1. The predicted octanol–water partition coefficient (Wildman–Crippen LogP) is 3.67. The molecule has 1 heterocycles. The first-order chi connectivity index (χ1) is 9.08. The van der Waals surface area contributed by atoms with Crippen LogP contribution in [0.2, 0.25) is 0 Å². The summed E-state index contributed by atoms with van der Waals surface area (Å²) in [6.45, 7) is 3.49. The quantitative estimate of drug-likeness (QED) is 0.787. The maximum Gasteiger partial charge on any atom is 0.222 e. The van der Waals surface area contributed by atoms with Gasteiger partial charge >= 0.3 is 0 Å². The van der Waals surface area contributed by atoms with Crippen LogP contribution in [-0.2, 0) is 16.1 Å². The molecule has 0 atom stereocenters. The molecule has 0 bridgehead atoms. The van der Waals surface area contributed by atoms with Gasteiger partial charge in [-0.15, -0.1) is 11.3 Å². The number of carbonyl (C=O) groups excluding carboxylic acids is 1. The molecule has 3 nitrogen and oxygen atoms in total. The zero-order valence-electron chi connectivity index (χ0n) is 11.4. The van der Waals surface area contributed by atoms with Gasteiger partial charge in [-0.25, -0.2) is 0 Å². The fraction of sp³-hybridized carbons (Fsp3) is 0.643. The highest BCUT2D eigenvalue weighted by atomic mass is 79.9. The smallest absolute Gasteiger partial charge is 0.222 e. The van der Waals surface area contributed by atoms with E-state index in [1.165, 1.54) is 5.56 Å². The molecule has 1 aromatic heterocycles. The van der Waals surface area contributed by atoms with Gasteiger partial charge in [0.15, 0.2) is 0 Å². The molecule has 106 valence electrons. The molecule has 0 aromatic carbocycles. The highest BCUT2D eigenvalue weighted by Gasteiger charge is 2.31. The van der Waals surface area contributed by atoms with E-state index in [0.717, 1.165) is 23.2 Å². The maximum atomic E-state index is 12.1. The van der Waals surface area contributed by atoms with Crippen molar-refractivity contribution in [2.75, 3.05) is 13.7 Å². The van der Waals surface area contributed by atoms with Crippen LogP contribution < -0.4 is 0 Å². The summed E-state index contributed by atoms with van der Waals surface area (Å²) < 4.78 is 6.63. The molecule has 0 aliphatic heterocycles. The fourth-order valence-corrected chi connectivity index (χ4v) is 3.61. The molecule has 1 amide bonds. The van der Waals surface area contributed by atoms with Gasteiger partial charge in [0.1, 0.15) is 0 Å². The van der Waals surface area contributed by atoms with E-state index in [1.54, 1.807) is 11.3 Å². The van der Waals surface area contributed by atoms with Crippen molar-refractivity contribution in [1.29, 1.82) is 0 Å². The van der Waals surface area contributed by atoms with Gasteiger partial charge in [-0.2, -0.15) is 0 Å². The molecule has 0 unspecified atom stereocenters. The van der Waals surface area contributed by atoms with Crippen LogP contribution in [0.5, 0.6) is 0 Å². The summed E-state index contributed by atoms with van der Waals surface area (Å²) in [5.41, 5.74) is 1.19. The van der Waals surface area contributed by atoms with Crippen LogP contribution in [0.15, 0.2) is 15.2 Å². The van der Waals surface area contributed by atoms with E-state index >= 15 is 0 Å². The van der Waals surface area contributed by atoms with Crippen molar-refractivity contribution < 1.29 is 9.53 Å². The summed E-state index contributed by atoms with van der Waals surface area (Å²) in [5, 5.41) is 2.09. The minimum Gasteiger partial charge on any atom is -0.378 e. The van der Waals surface area contributed by atoms with E-state index in [1.807, 2.05) is 18.9 Å². The highest BCUT2D eigenvalue weighted by molar-refractivity contribution is 9.11. The van der Waals surface area contributed by atoms with Crippen LogP contribution in [0.1, 0.15) is 31.7 Å². The molecular formula is C14H20BrNO2S. The first kappa shape index (κ1) is 15.0. The first-order valence-electron chi connectivity index (χ1n) is 6.67. The number of hydrogen-bond donors (Lipinski definition) is 0. The Morgan fingerprint density at radius 3 is 2.89 bits per heavy atom. The molecule has 1 aliphatic carbocycles. The second-order valence-electron chi connectivity index (χ2n) is 5.13. The van der Waals surface area contributed by atoms with Crippen molar-refractivity contribution in [3.8, 4) is 0 Å². The summed E-state index contributed by atoms with van der Waals surface area (Å²) in [7, 11) is 1.88. The Balaban J connectivity index is 1.71. The molecule has 0 spiro atoms. The maximum absolute atomic E-state index is 12.1. The van der Waals surface area contributed by atoms with Crippen molar-refractivity contribution in [3.63, 3.8) is 0 Å². The molecule has 1 fully saturated rings. The number of carbonyl (C=O) groups is 1. The van der Waals surface area contributed by atoms with E-state index in [2.05, 4.69) is 27.4 Å². The fourth-order valence-electron chi connectivity index (χ4n) is 2.41. The number of ether oxygens (including phenoxy) is 1. The molecule has 19 heavy (non-hydrogen) atoms. The third-order valence-electron chi connectivity index (χ3n) is 3.53. The number of hydrogen-bond acceptors (Lipinski definition) is 3. The molecule has 5 heteroatoms. The van der Waals surface area contributed by atoms with Crippen LogP contribution >= 0.6 is 27.3 Å². The van der Waals surface area contributed by atoms with Gasteiger partial charge < -0.3 is 9.64 Å². The van der Waals surface area contributed by atoms with Gasteiger partial charge in [0, 0.05) is 26.6 Å². The normalized spacial score (nSPS) is 22.1. The predicted molar refractivity (Wildman–Crippen MR) is 81.2 cm³/mol. The topological polar surface area (TPSA) is 29.5 Å². The van der Waals surface area contributed by atoms with Crippen LogP contribution in [0.4, 0.5) is 0 Å². The second kappa shape index (κ2) is 6.86. The summed E-state index contributed by atoms with van der Waals surface area (Å²) in [5.74, 6) is 0.753. The zero-order valence-corrected chi connectivity index (χ0v) is 13.8. The van der Waals surface area contributed by atoms with Crippen molar-refractivity contribution in [2.45, 2.75) is 38.8 Å². The lowest BCUT2D eigenvalue weighted by Crippen LogP contribution is -2.36. The molecule has 1 saturated carbocycles. The van der Waals surface area contributed by atoms with Crippen LogP contribution in [0.3, 0.4) is 0 Å². The standard InChI is InChI=1S/C14H20BrNO2S/c1-3-18-12-4-10(5-12)7-14(17)16(2)8-11-6-13(15)19-9-11/h6,9-10,12H,3-5,7-8H2,1-2H3. The zero-order chi connectivity index (χ0) is 13.8. The van der Waals surface area contributed by atoms with Crippen molar-refractivity contribution in [2.24, 2.45) is 5.92 Å². The monoisotopic (exact) mass is 345 g/mol. The lowest BCUT2D eigenvalue weighted by molar-refractivity contribution is -0.133. The van der Waals surface area contributed by atoms with Crippen molar-refractivity contribution in [1.82, 2.24) is 4.90 Å². The van der Waals surface area contributed by atoms with Crippen molar-refractivity contribution in [3.05, 3.63) is 20.8 Å². The van der Waals surface area contributed by atoms with Gasteiger partial charge in [0.25, 0.3) is 0 Å². The average molecular weight is 346 g/mol. The first-order valence-corrected chi connectivity index (χ1v) is 8.34. The Kier molecular flexibility index (Phi) is 5.42. The Bertz CT molecular complexity index is 429. The van der Waals surface area contributed by atoms with Gasteiger partial charge in [0.2, 0.25) is 5.91 Å². The molecule has 0 radical (unpaired) electrons. The lowest BCUT2D eigenvalue weighted by Gasteiger charge is -2.35. The van der Waals surface area contributed by atoms with E-state index in [9.17, 15) is 4.79 Å². The SMILES string of the molecule is CCOC1CC(CC(=O)N(C)Cc2csc(Br)c2)C1. The third-order valence-corrected chi connectivity index (χ3v) is 5.08. The summed E-state index contributed by atoms with van der Waals surface area (Å²) in [6.07, 6.45) is 3.13. The van der Waals surface area contributed by atoms with Gasteiger partial charge in [-0.05, 0) is 58.6 Å². The van der Waals surface area contributed by atoms with Gasteiger partial charge in [-0.1, -0.05) is 0 Å². The Morgan fingerprint density at radius 1 is 1.58 bits per heavy atom. The molecule has 0 N–H and O–H groups in total.